The average Bonchev–Trinajstić information content (AvgIpc) is 2.42. The molecule has 108 valence electrons. The lowest BCUT2D eigenvalue weighted by molar-refractivity contribution is 0.248. The van der Waals surface area contributed by atoms with Crippen LogP contribution in [-0.2, 0) is 0 Å². The van der Waals surface area contributed by atoms with Crippen LogP contribution in [0, 0.1) is 5.82 Å². The highest BCUT2D eigenvalue weighted by molar-refractivity contribution is 5.20. The van der Waals surface area contributed by atoms with Crippen molar-refractivity contribution in [1.82, 2.24) is 10.2 Å². The molecule has 0 aliphatic rings. The number of rotatable bonds is 8. The monoisotopic (exact) mass is 266 g/mol. The first kappa shape index (κ1) is 16.1. The fourth-order valence-corrected chi connectivity index (χ4v) is 2.17. The fraction of sp³-hybridized carbons (Fsp3) is 0.625. The van der Waals surface area contributed by atoms with Crippen molar-refractivity contribution in [3.8, 4) is 0 Å². The molecule has 0 aliphatic carbocycles. The molecule has 0 aromatic heterocycles. The van der Waals surface area contributed by atoms with E-state index in [-0.39, 0.29) is 11.9 Å². The van der Waals surface area contributed by atoms with E-state index in [4.69, 9.17) is 0 Å². The molecular weight excluding hydrogens is 239 g/mol. The molecule has 1 rings (SSSR count). The smallest absolute Gasteiger partial charge is 0.123 e. The summed E-state index contributed by atoms with van der Waals surface area (Å²) in [6.45, 7) is 8.51. The minimum atomic E-state index is -0.158. The maximum atomic E-state index is 13.2. The van der Waals surface area contributed by atoms with Crippen molar-refractivity contribution in [2.75, 3.05) is 20.1 Å². The third-order valence-electron chi connectivity index (χ3n) is 3.86. The Labute approximate surface area is 117 Å². The highest BCUT2D eigenvalue weighted by atomic mass is 19.1. The van der Waals surface area contributed by atoms with Crippen LogP contribution in [0.2, 0.25) is 0 Å². The van der Waals surface area contributed by atoms with Crippen LogP contribution in [0.4, 0.5) is 4.39 Å². The molecule has 1 N–H and O–H groups in total. The van der Waals surface area contributed by atoms with Gasteiger partial charge >= 0.3 is 0 Å². The van der Waals surface area contributed by atoms with E-state index in [1.165, 1.54) is 6.07 Å². The van der Waals surface area contributed by atoms with Gasteiger partial charge in [-0.15, -0.1) is 0 Å². The van der Waals surface area contributed by atoms with Gasteiger partial charge < -0.3 is 10.2 Å². The molecule has 1 aromatic carbocycles. The van der Waals surface area contributed by atoms with E-state index in [1.807, 2.05) is 6.07 Å². The normalized spacial score (nSPS) is 14.6. The van der Waals surface area contributed by atoms with Crippen LogP contribution in [0.25, 0.3) is 0 Å². The minimum absolute atomic E-state index is 0.158. The lowest BCUT2D eigenvalue weighted by Crippen LogP contribution is -2.36. The lowest BCUT2D eigenvalue weighted by Gasteiger charge is -2.25. The lowest BCUT2D eigenvalue weighted by atomic mass is 10.0. The molecule has 19 heavy (non-hydrogen) atoms. The fourth-order valence-electron chi connectivity index (χ4n) is 2.17. The Kier molecular flexibility index (Phi) is 7.03. The standard InChI is InChI=1S/C16H27FN2/c1-5-13(3)19(4)11-10-18-16(6-2)14-8-7-9-15(17)12-14/h7-9,12-13,16,18H,5-6,10-11H2,1-4H3. The first-order chi connectivity index (χ1) is 9.08. The molecule has 0 radical (unpaired) electrons. The Morgan fingerprint density at radius 3 is 2.58 bits per heavy atom. The van der Waals surface area contributed by atoms with E-state index in [2.05, 4.69) is 38.0 Å². The number of benzene rings is 1. The van der Waals surface area contributed by atoms with Crippen molar-refractivity contribution < 1.29 is 4.39 Å². The van der Waals surface area contributed by atoms with Crippen LogP contribution in [0.5, 0.6) is 0 Å². The van der Waals surface area contributed by atoms with Crippen LogP contribution >= 0.6 is 0 Å². The SMILES string of the molecule is CCC(NCCN(C)C(C)CC)c1cccc(F)c1. The third kappa shape index (κ3) is 5.29. The van der Waals surface area contributed by atoms with Gasteiger partial charge in [0.2, 0.25) is 0 Å². The zero-order valence-corrected chi connectivity index (χ0v) is 12.6. The predicted molar refractivity (Wildman–Crippen MR) is 79.8 cm³/mol. The maximum absolute atomic E-state index is 13.2. The second kappa shape index (κ2) is 8.28. The summed E-state index contributed by atoms with van der Waals surface area (Å²) in [5.74, 6) is -0.158. The molecule has 0 saturated carbocycles. The maximum Gasteiger partial charge on any atom is 0.123 e. The summed E-state index contributed by atoms with van der Waals surface area (Å²) in [5.41, 5.74) is 1.04. The van der Waals surface area contributed by atoms with Crippen LogP contribution in [-0.4, -0.2) is 31.1 Å². The summed E-state index contributed by atoms with van der Waals surface area (Å²) in [7, 11) is 2.15. The van der Waals surface area contributed by atoms with E-state index in [0.29, 0.717) is 6.04 Å². The van der Waals surface area contributed by atoms with Gasteiger partial charge in [0.15, 0.2) is 0 Å². The summed E-state index contributed by atoms with van der Waals surface area (Å²) in [6, 6.07) is 7.73. The van der Waals surface area contributed by atoms with Gasteiger partial charge in [-0.05, 0) is 44.5 Å². The van der Waals surface area contributed by atoms with E-state index < -0.39 is 0 Å². The third-order valence-corrected chi connectivity index (χ3v) is 3.86. The van der Waals surface area contributed by atoms with Crippen molar-refractivity contribution in [3.63, 3.8) is 0 Å². The molecule has 2 nitrogen and oxygen atoms in total. The van der Waals surface area contributed by atoms with Crippen LogP contribution in [0.1, 0.15) is 45.2 Å². The zero-order valence-electron chi connectivity index (χ0n) is 12.6. The van der Waals surface area contributed by atoms with Gasteiger partial charge in [-0.3, -0.25) is 0 Å². The quantitative estimate of drug-likeness (QED) is 0.773. The van der Waals surface area contributed by atoms with Crippen molar-refractivity contribution in [2.45, 2.75) is 45.7 Å². The molecule has 3 heteroatoms. The number of likely N-dealkylation sites (N-methyl/N-ethyl adjacent to an activating group) is 1. The summed E-state index contributed by atoms with van der Waals surface area (Å²) >= 11 is 0. The van der Waals surface area contributed by atoms with Gasteiger partial charge in [-0.25, -0.2) is 4.39 Å². The zero-order chi connectivity index (χ0) is 14.3. The van der Waals surface area contributed by atoms with Crippen molar-refractivity contribution in [2.24, 2.45) is 0 Å². The van der Waals surface area contributed by atoms with Crippen molar-refractivity contribution in [1.29, 1.82) is 0 Å². The summed E-state index contributed by atoms with van der Waals surface area (Å²) < 4.78 is 13.2. The van der Waals surface area contributed by atoms with Crippen LogP contribution in [0.15, 0.2) is 24.3 Å². The topological polar surface area (TPSA) is 15.3 Å². The molecule has 0 heterocycles. The molecule has 2 unspecified atom stereocenters. The van der Waals surface area contributed by atoms with Crippen molar-refractivity contribution >= 4 is 0 Å². The Bertz CT molecular complexity index is 368. The molecule has 0 spiro atoms. The van der Waals surface area contributed by atoms with Crippen LogP contribution in [0.3, 0.4) is 0 Å². The van der Waals surface area contributed by atoms with Crippen molar-refractivity contribution in [3.05, 3.63) is 35.6 Å². The Morgan fingerprint density at radius 1 is 1.26 bits per heavy atom. The second-order valence-electron chi connectivity index (χ2n) is 5.21. The summed E-state index contributed by atoms with van der Waals surface area (Å²) in [4.78, 5) is 2.35. The number of hydrogen-bond acceptors (Lipinski definition) is 2. The number of hydrogen-bond donors (Lipinski definition) is 1. The molecule has 0 aliphatic heterocycles. The molecule has 0 saturated heterocycles. The highest BCUT2D eigenvalue weighted by Crippen LogP contribution is 2.17. The molecule has 1 aromatic rings. The van der Waals surface area contributed by atoms with E-state index in [0.717, 1.165) is 31.5 Å². The molecular formula is C16H27FN2. The number of halogens is 1. The Morgan fingerprint density at radius 2 is 2.00 bits per heavy atom. The Hall–Kier alpha value is -0.930. The van der Waals surface area contributed by atoms with Gasteiger partial charge in [0.05, 0.1) is 0 Å². The average molecular weight is 266 g/mol. The van der Waals surface area contributed by atoms with E-state index in [9.17, 15) is 4.39 Å². The first-order valence-corrected chi connectivity index (χ1v) is 7.27. The minimum Gasteiger partial charge on any atom is -0.309 e. The van der Waals surface area contributed by atoms with E-state index in [1.54, 1.807) is 12.1 Å². The van der Waals surface area contributed by atoms with E-state index >= 15 is 0 Å². The Balaban J connectivity index is 2.45. The predicted octanol–water partition coefficient (Wildman–Crippen LogP) is 3.60. The van der Waals surface area contributed by atoms with Gasteiger partial charge in [0.25, 0.3) is 0 Å². The second-order valence-corrected chi connectivity index (χ2v) is 5.21. The number of nitrogens with zero attached hydrogens (tertiary/aromatic N) is 1. The van der Waals surface area contributed by atoms with Gasteiger partial charge in [0, 0.05) is 25.2 Å². The first-order valence-electron chi connectivity index (χ1n) is 7.27. The summed E-state index contributed by atoms with van der Waals surface area (Å²) in [5, 5.41) is 3.51. The molecule has 0 fully saturated rings. The van der Waals surface area contributed by atoms with Gasteiger partial charge in [0.1, 0.15) is 5.82 Å². The van der Waals surface area contributed by atoms with Crippen LogP contribution < -0.4 is 5.32 Å². The summed E-state index contributed by atoms with van der Waals surface area (Å²) in [6.07, 6.45) is 2.13. The number of nitrogens with one attached hydrogen (secondary N) is 1. The van der Waals surface area contributed by atoms with Gasteiger partial charge in [-0.1, -0.05) is 26.0 Å². The molecule has 0 amide bonds. The highest BCUT2D eigenvalue weighted by Gasteiger charge is 2.11. The molecule has 2 atom stereocenters. The molecule has 0 bridgehead atoms. The van der Waals surface area contributed by atoms with Gasteiger partial charge in [-0.2, -0.15) is 0 Å². The largest absolute Gasteiger partial charge is 0.309 e.